The number of nitrogens with one attached hydrogen (secondary N) is 1. The minimum Gasteiger partial charge on any atom is -0.382 e. The van der Waals surface area contributed by atoms with Gasteiger partial charge in [0.1, 0.15) is 18.4 Å². The first-order valence-corrected chi connectivity index (χ1v) is 12.7. The van der Waals surface area contributed by atoms with E-state index in [9.17, 15) is 23.9 Å². The average Bonchev–Trinajstić information content (AvgIpc) is 3.25. The summed E-state index contributed by atoms with van der Waals surface area (Å²) in [5.41, 5.74) is 7.84. The van der Waals surface area contributed by atoms with Crippen LogP contribution < -0.4 is 11.2 Å². The van der Waals surface area contributed by atoms with Crippen LogP contribution in [-0.2, 0) is 9.53 Å². The number of aliphatic hydroxyl groups excluding tert-OH is 1. The molecule has 2 unspecified atom stereocenters. The molecule has 1 aliphatic rings. The van der Waals surface area contributed by atoms with Gasteiger partial charge in [-0.1, -0.05) is 76.2 Å². The molecule has 2 heterocycles. The second-order valence-electron chi connectivity index (χ2n) is 9.33. The number of ketones is 1. The zero-order chi connectivity index (χ0) is 25.8. The van der Waals surface area contributed by atoms with Gasteiger partial charge in [-0.3, -0.25) is 19.1 Å². The maximum atomic E-state index is 14.6. The molecule has 5 atom stereocenters. The van der Waals surface area contributed by atoms with Gasteiger partial charge in [-0.05, 0) is 18.9 Å². The molecular weight excluding hydrogens is 457 g/mol. The van der Waals surface area contributed by atoms with Crippen molar-refractivity contribution in [3.05, 3.63) is 43.0 Å². The van der Waals surface area contributed by atoms with E-state index >= 15 is 0 Å². The largest absolute Gasteiger partial charge is 0.382 e. The number of hydrogen-bond donors (Lipinski definition) is 2. The lowest BCUT2D eigenvalue weighted by molar-refractivity contribution is -0.143. The van der Waals surface area contributed by atoms with Gasteiger partial charge >= 0.3 is 5.69 Å². The monoisotopic (exact) mass is 495 g/mol. The van der Waals surface area contributed by atoms with Crippen LogP contribution in [-0.4, -0.2) is 44.9 Å². The van der Waals surface area contributed by atoms with Gasteiger partial charge in [0.05, 0.1) is 6.04 Å². The number of nitrogens with zero attached hydrogens (tertiary/aromatic N) is 4. The summed E-state index contributed by atoms with van der Waals surface area (Å²) in [4.78, 5) is 41.2. The molecule has 0 amide bonds. The van der Waals surface area contributed by atoms with Crippen molar-refractivity contribution in [1.82, 2.24) is 9.55 Å². The number of halogens is 1. The summed E-state index contributed by atoms with van der Waals surface area (Å²) in [5, 5.41) is 14.1. The normalized spacial score (nSPS) is 21.4. The first-order chi connectivity index (χ1) is 16.8. The number of ether oxygens (including phenoxy) is 1. The highest BCUT2D eigenvalue weighted by Gasteiger charge is 2.44. The quantitative estimate of drug-likeness (QED) is 0.151. The molecule has 0 spiro atoms. The summed E-state index contributed by atoms with van der Waals surface area (Å²) < 4.78 is 21.3. The predicted molar refractivity (Wildman–Crippen MR) is 130 cm³/mol. The van der Waals surface area contributed by atoms with E-state index in [1.807, 2.05) is 0 Å². The molecule has 0 radical (unpaired) electrons. The van der Waals surface area contributed by atoms with Gasteiger partial charge in [0.2, 0.25) is 0 Å². The molecule has 1 aromatic rings. The number of Topliss-reactive ketones (excluding diaryl/α,β-unsaturated/α-hetero) is 1. The third kappa shape index (κ3) is 8.59. The summed E-state index contributed by atoms with van der Waals surface area (Å²) in [6.45, 7) is 3.70. The summed E-state index contributed by atoms with van der Waals surface area (Å²) >= 11 is 0. The molecule has 0 saturated carbocycles. The van der Waals surface area contributed by atoms with Crippen molar-refractivity contribution in [3.63, 3.8) is 0 Å². The average molecular weight is 496 g/mol. The second kappa shape index (κ2) is 14.8. The molecule has 1 saturated heterocycles. The number of azide groups is 1. The zero-order valence-electron chi connectivity index (χ0n) is 20.7. The van der Waals surface area contributed by atoms with Crippen LogP contribution in [0.3, 0.4) is 0 Å². The lowest BCUT2D eigenvalue weighted by Crippen LogP contribution is -2.43. The third-order valence-electron chi connectivity index (χ3n) is 6.52. The molecule has 0 aromatic carbocycles. The van der Waals surface area contributed by atoms with Gasteiger partial charge in [-0.2, -0.15) is 0 Å². The van der Waals surface area contributed by atoms with Gasteiger partial charge in [0.15, 0.2) is 12.0 Å². The standard InChI is InChI=1S/C24H38FN5O5/c1-3-4-5-6-7-8-9-10-11-12-13-17(25)20(31)21(32)22-18(28-29-26)14-19(35-22)30-15-16(2)23(33)27-24(30)34/h15,17-19,21-22,32H,3-14H2,1-2H3,(H,27,33,34)/t17?,18-,19+,21?,22-/m0/s1. The lowest BCUT2D eigenvalue weighted by atomic mass is 9.97. The molecule has 196 valence electrons. The SMILES string of the molecule is CCCCCCCCCCCCC(F)C(=O)C(O)[C@H]1O[C@@H](n2cc(C)c(=O)[nH]c2=O)C[C@@H]1N=[N+]=[N-]. The van der Waals surface area contributed by atoms with Crippen molar-refractivity contribution in [2.75, 3.05) is 0 Å². The number of H-pyrrole nitrogens is 1. The van der Waals surface area contributed by atoms with Crippen LogP contribution in [0.15, 0.2) is 20.9 Å². The molecule has 0 aliphatic carbocycles. The first-order valence-electron chi connectivity index (χ1n) is 12.7. The van der Waals surface area contributed by atoms with E-state index in [1.54, 1.807) is 0 Å². The maximum Gasteiger partial charge on any atom is 0.330 e. The molecule has 2 N–H and O–H groups in total. The van der Waals surface area contributed by atoms with Crippen molar-refractivity contribution in [3.8, 4) is 0 Å². The number of aromatic amines is 1. The fraction of sp³-hybridized carbons (Fsp3) is 0.792. The smallest absolute Gasteiger partial charge is 0.330 e. The van der Waals surface area contributed by atoms with E-state index in [-0.39, 0.29) is 18.4 Å². The van der Waals surface area contributed by atoms with Crippen LogP contribution in [0.4, 0.5) is 4.39 Å². The molecule has 0 bridgehead atoms. The lowest BCUT2D eigenvalue weighted by Gasteiger charge is -2.22. The van der Waals surface area contributed by atoms with E-state index < -0.39 is 47.7 Å². The number of alkyl halides is 1. The van der Waals surface area contributed by atoms with Crippen molar-refractivity contribution in [2.24, 2.45) is 5.11 Å². The van der Waals surface area contributed by atoms with Gasteiger partial charge < -0.3 is 9.84 Å². The van der Waals surface area contributed by atoms with E-state index in [1.165, 1.54) is 51.6 Å². The summed E-state index contributed by atoms with van der Waals surface area (Å²) in [7, 11) is 0. The Bertz CT molecular complexity index is 974. The minimum atomic E-state index is -1.86. The van der Waals surface area contributed by atoms with E-state index in [4.69, 9.17) is 10.3 Å². The highest BCUT2D eigenvalue weighted by atomic mass is 19.1. The van der Waals surface area contributed by atoms with Gasteiger partial charge in [0.25, 0.3) is 5.56 Å². The number of rotatable bonds is 16. The second-order valence-corrected chi connectivity index (χ2v) is 9.33. The van der Waals surface area contributed by atoms with Gasteiger partial charge in [-0.15, -0.1) is 0 Å². The zero-order valence-corrected chi connectivity index (χ0v) is 20.7. The summed E-state index contributed by atoms with van der Waals surface area (Å²) in [5.74, 6) is -1.02. The Hall–Kier alpha value is -2.49. The first kappa shape index (κ1) is 28.7. The van der Waals surface area contributed by atoms with Crippen LogP contribution in [0.5, 0.6) is 0 Å². The molecule has 1 aliphatic heterocycles. The maximum absolute atomic E-state index is 14.6. The topological polar surface area (TPSA) is 150 Å². The minimum absolute atomic E-state index is 0.00724. The molecule has 10 nitrogen and oxygen atoms in total. The van der Waals surface area contributed by atoms with Crippen LogP contribution in [0.2, 0.25) is 0 Å². The van der Waals surface area contributed by atoms with E-state index in [0.29, 0.717) is 6.42 Å². The molecule has 11 heteroatoms. The Kier molecular flexibility index (Phi) is 12.2. The van der Waals surface area contributed by atoms with E-state index in [2.05, 4.69) is 21.9 Å². The Morgan fingerprint density at radius 1 is 1.23 bits per heavy atom. The van der Waals surface area contributed by atoms with E-state index in [0.717, 1.165) is 23.8 Å². The molecule has 2 rings (SSSR count). The van der Waals surface area contributed by atoms with Crippen LogP contribution >= 0.6 is 0 Å². The Morgan fingerprint density at radius 2 is 1.83 bits per heavy atom. The van der Waals surface area contributed by atoms with Crippen LogP contribution in [0.25, 0.3) is 10.4 Å². The summed E-state index contributed by atoms with van der Waals surface area (Å²) in [6.07, 6.45) is 6.15. The number of carbonyl (C=O) groups is 1. The number of hydrogen-bond acceptors (Lipinski definition) is 6. The number of aromatic nitrogens is 2. The number of aryl methyl sites for hydroxylation is 1. The third-order valence-corrected chi connectivity index (χ3v) is 6.52. The Labute approximate surface area is 204 Å². The molecule has 1 fully saturated rings. The predicted octanol–water partition coefficient (Wildman–Crippen LogP) is 4.39. The fourth-order valence-electron chi connectivity index (χ4n) is 4.41. The number of carbonyl (C=O) groups excluding carboxylic acids is 1. The van der Waals surface area contributed by atoms with Crippen molar-refractivity contribution in [2.45, 2.75) is 122 Å². The van der Waals surface area contributed by atoms with Crippen LogP contribution in [0.1, 0.15) is 95.8 Å². The highest BCUT2D eigenvalue weighted by Crippen LogP contribution is 2.33. The molecule has 1 aromatic heterocycles. The number of unbranched alkanes of at least 4 members (excludes halogenated alkanes) is 9. The fourth-order valence-corrected chi connectivity index (χ4v) is 4.41. The number of aliphatic hydroxyl groups is 1. The van der Waals surface area contributed by atoms with Crippen molar-refractivity contribution >= 4 is 5.78 Å². The Morgan fingerprint density at radius 3 is 2.43 bits per heavy atom. The van der Waals surface area contributed by atoms with Gasteiger partial charge in [0, 0.05) is 23.1 Å². The highest BCUT2D eigenvalue weighted by molar-refractivity contribution is 5.87. The molecular formula is C24H38FN5O5. The van der Waals surface area contributed by atoms with Gasteiger partial charge in [-0.25, -0.2) is 9.18 Å². The van der Waals surface area contributed by atoms with Crippen LogP contribution in [0, 0.1) is 6.92 Å². The van der Waals surface area contributed by atoms with Crippen molar-refractivity contribution < 1.29 is 19.0 Å². The Balaban J connectivity index is 1.85. The van der Waals surface area contributed by atoms with Crippen molar-refractivity contribution in [1.29, 1.82) is 0 Å². The molecule has 35 heavy (non-hydrogen) atoms. The summed E-state index contributed by atoms with van der Waals surface area (Å²) in [6, 6.07) is -0.979.